The molecule has 3 aromatic rings. The van der Waals surface area contributed by atoms with Crippen molar-refractivity contribution in [3.05, 3.63) is 65.9 Å². The van der Waals surface area contributed by atoms with Crippen LogP contribution >= 0.6 is 0 Å². The number of para-hydroxylation sites is 2. The van der Waals surface area contributed by atoms with Gasteiger partial charge >= 0.3 is 0 Å². The molecule has 33 heavy (non-hydrogen) atoms. The third-order valence-corrected chi connectivity index (χ3v) is 5.97. The van der Waals surface area contributed by atoms with Gasteiger partial charge in [0.25, 0.3) is 5.91 Å². The second-order valence-corrected chi connectivity index (χ2v) is 8.01. The highest BCUT2D eigenvalue weighted by molar-refractivity contribution is 6.06. The van der Waals surface area contributed by atoms with Crippen molar-refractivity contribution in [3.8, 4) is 5.75 Å². The summed E-state index contributed by atoms with van der Waals surface area (Å²) in [6.07, 6.45) is 2.02. The van der Waals surface area contributed by atoms with Crippen molar-refractivity contribution in [1.82, 2.24) is 20.1 Å². The summed E-state index contributed by atoms with van der Waals surface area (Å²) in [4.78, 5) is 44.4. The molecule has 1 saturated heterocycles. The lowest BCUT2D eigenvalue weighted by Gasteiger charge is -2.34. The molecule has 8 nitrogen and oxygen atoms in total. The highest BCUT2D eigenvalue weighted by atomic mass is 16.5. The van der Waals surface area contributed by atoms with Crippen molar-refractivity contribution < 1.29 is 19.1 Å². The van der Waals surface area contributed by atoms with Crippen LogP contribution in [0.4, 0.5) is 0 Å². The monoisotopic (exact) mass is 448 g/mol. The van der Waals surface area contributed by atoms with Crippen molar-refractivity contribution >= 4 is 28.6 Å². The minimum Gasteiger partial charge on any atom is -0.496 e. The second kappa shape index (κ2) is 10.2. The zero-order valence-corrected chi connectivity index (χ0v) is 18.7. The number of rotatable bonds is 7. The number of hydrogen-bond acceptors (Lipinski definition) is 4. The lowest BCUT2D eigenvalue weighted by Crippen LogP contribution is -2.50. The first-order valence-corrected chi connectivity index (χ1v) is 11.1. The number of carbonyl (C=O) groups excluding carboxylic acids is 3. The van der Waals surface area contributed by atoms with E-state index in [0.29, 0.717) is 44.0 Å². The minimum atomic E-state index is -0.178. The lowest BCUT2D eigenvalue weighted by atomic mass is 10.1. The van der Waals surface area contributed by atoms with Gasteiger partial charge in [0.1, 0.15) is 5.75 Å². The maximum absolute atomic E-state index is 12.9. The maximum atomic E-state index is 12.9. The van der Waals surface area contributed by atoms with Gasteiger partial charge < -0.3 is 24.8 Å². The molecule has 8 heteroatoms. The molecular weight excluding hydrogens is 420 g/mol. The van der Waals surface area contributed by atoms with Crippen LogP contribution in [0.1, 0.15) is 28.8 Å². The first-order chi connectivity index (χ1) is 16.1. The smallest absolute Gasteiger partial charge is 0.256 e. The number of carbonyl (C=O) groups is 3. The van der Waals surface area contributed by atoms with E-state index in [1.165, 1.54) is 0 Å². The normalized spacial score (nSPS) is 13.7. The average Bonchev–Trinajstić information content (AvgIpc) is 3.30. The molecule has 0 atom stereocenters. The standard InChI is InChI=1S/C25H28N4O4/c1-33-22-9-5-2-6-18(22)16-27-23(30)10-11-24(31)28-12-14-29(15-13-28)25(32)20-17-26-21-8-4-3-7-19(20)21/h2-9,17,26H,10-16H2,1H3,(H,27,30). The Labute approximate surface area is 192 Å². The Balaban J connectivity index is 1.22. The molecule has 2 aromatic carbocycles. The van der Waals surface area contributed by atoms with Gasteiger partial charge in [0.15, 0.2) is 0 Å². The molecule has 172 valence electrons. The molecule has 1 aliphatic heterocycles. The lowest BCUT2D eigenvalue weighted by molar-refractivity contribution is -0.134. The second-order valence-electron chi connectivity index (χ2n) is 8.01. The van der Waals surface area contributed by atoms with Gasteiger partial charge in [-0.25, -0.2) is 0 Å². The van der Waals surface area contributed by atoms with E-state index in [1.54, 1.807) is 23.1 Å². The number of ether oxygens (including phenoxy) is 1. The minimum absolute atomic E-state index is 0.0322. The molecular formula is C25H28N4O4. The van der Waals surface area contributed by atoms with E-state index in [9.17, 15) is 14.4 Å². The number of piperazine rings is 1. The largest absolute Gasteiger partial charge is 0.496 e. The molecule has 1 aromatic heterocycles. The predicted octanol–water partition coefficient (Wildman–Crippen LogP) is 2.56. The molecule has 2 N–H and O–H groups in total. The number of fused-ring (bicyclic) bond motifs is 1. The number of benzene rings is 2. The van der Waals surface area contributed by atoms with Crippen molar-refractivity contribution in [2.75, 3.05) is 33.3 Å². The number of H-pyrrole nitrogens is 1. The van der Waals surface area contributed by atoms with Crippen LogP contribution in [0.2, 0.25) is 0 Å². The van der Waals surface area contributed by atoms with Crippen LogP contribution in [0.15, 0.2) is 54.7 Å². The fourth-order valence-electron chi connectivity index (χ4n) is 4.09. The highest BCUT2D eigenvalue weighted by Crippen LogP contribution is 2.20. The molecule has 1 fully saturated rings. The van der Waals surface area contributed by atoms with E-state index in [-0.39, 0.29) is 30.6 Å². The van der Waals surface area contributed by atoms with E-state index in [2.05, 4.69) is 10.3 Å². The SMILES string of the molecule is COc1ccccc1CNC(=O)CCC(=O)N1CCN(C(=O)c2c[nH]c3ccccc23)CC1. The Bertz CT molecular complexity index is 1150. The number of hydrogen-bond donors (Lipinski definition) is 2. The Morgan fingerprint density at radius 3 is 2.42 bits per heavy atom. The summed E-state index contributed by atoms with van der Waals surface area (Å²) in [5, 5.41) is 3.74. The average molecular weight is 449 g/mol. The molecule has 0 unspecified atom stereocenters. The Kier molecular flexibility index (Phi) is 6.92. The highest BCUT2D eigenvalue weighted by Gasteiger charge is 2.26. The van der Waals surface area contributed by atoms with E-state index in [0.717, 1.165) is 16.5 Å². The topological polar surface area (TPSA) is 94.7 Å². The van der Waals surface area contributed by atoms with Crippen molar-refractivity contribution in [3.63, 3.8) is 0 Å². The molecule has 1 aliphatic rings. The van der Waals surface area contributed by atoms with Crippen LogP contribution in [-0.2, 0) is 16.1 Å². The van der Waals surface area contributed by atoms with E-state index >= 15 is 0 Å². The van der Waals surface area contributed by atoms with Crippen LogP contribution in [0, 0.1) is 0 Å². The maximum Gasteiger partial charge on any atom is 0.256 e. The fraction of sp³-hybridized carbons (Fsp3) is 0.320. The van der Waals surface area contributed by atoms with Gasteiger partial charge in [-0.3, -0.25) is 14.4 Å². The number of nitrogens with zero attached hydrogens (tertiary/aromatic N) is 2. The molecule has 0 bridgehead atoms. The Morgan fingerprint density at radius 1 is 0.939 bits per heavy atom. The number of aromatic nitrogens is 1. The number of nitrogens with one attached hydrogen (secondary N) is 2. The number of amides is 3. The van der Waals surface area contributed by atoms with E-state index in [1.807, 2.05) is 48.5 Å². The zero-order valence-electron chi connectivity index (χ0n) is 18.7. The molecule has 0 radical (unpaired) electrons. The molecule has 0 saturated carbocycles. The van der Waals surface area contributed by atoms with Crippen molar-refractivity contribution in [2.45, 2.75) is 19.4 Å². The molecule has 0 aliphatic carbocycles. The summed E-state index contributed by atoms with van der Waals surface area (Å²) in [7, 11) is 1.59. The fourth-order valence-corrected chi connectivity index (χ4v) is 4.09. The summed E-state index contributed by atoms with van der Waals surface area (Å²) in [5.74, 6) is 0.438. The third kappa shape index (κ3) is 5.16. The Morgan fingerprint density at radius 2 is 1.64 bits per heavy atom. The van der Waals surface area contributed by atoms with E-state index < -0.39 is 0 Å². The number of methoxy groups -OCH3 is 1. The summed E-state index contributed by atoms with van der Waals surface area (Å²) in [5.41, 5.74) is 2.46. The van der Waals surface area contributed by atoms with Gasteiger partial charge in [0.2, 0.25) is 11.8 Å². The van der Waals surface area contributed by atoms with Gasteiger partial charge in [-0.1, -0.05) is 36.4 Å². The van der Waals surface area contributed by atoms with E-state index in [4.69, 9.17) is 4.74 Å². The summed E-state index contributed by atoms with van der Waals surface area (Å²) in [6.45, 7) is 2.24. The van der Waals surface area contributed by atoms with Crippen molar-refractivity contribution in [2.24, 2.45) is 0 Å². The number of aromatic amines is 1. The van der Waals surface area contributed by atoms with Crippen LogP contribution in [0.25, 0.3) is 10.9 Å². The molecule has 0 spiro atoms. The van der Waals surface area contributed by atoms with Gasteiger partial charge in [-0.05, 0) is 12.1 Å². The van der Waals surface area contributed by atoms with Gasteiger partial charge in [0, 0.05) is 68.2 Å². The summed E-state index contributed by atoms with van der Waals surface area (Å²) < 4.78 is 5.28. The molecule has 3 amide bonds. The van der Waals surface area contributed by atoms with Gasteiger partial charge in [-0.15, -0.1) is 0 Å². The zero-order chi connectivity index (χ0) is 23.2. The van der Waals surface area contributed by atoms with Crippen LogP contribution in [0.3, 0.4) is 0 Å². The summed E-state index contributed by atoms with van der Waals surface area (Å²) >= 11 is 0. The van der Waals surface area contributed by atoms with Crippen LogP contribution < -0.4 is 10.1 Å². The first kappa shape index (κ1) is 22.4. The van der Waals surface area contributed by atoms with Gasteiger partial charge in [0.05, 0.1) is 12.7 Å². The first-order valence-electron chi connectivity index (χ1n) is 11.1. The quantitative estimate of drug-likeness (QED) is 0.581. The van der Waals surface area contributed by atoms with Crippen LogP contribution in [-0.4, -0.2) is 65.8 Å². The molecule has 2 heterocycles. The summed E-state index contributed by atoms with van der Waals surface area (Å²) in [6, 6.07) is 15.2. The van der Waals surface area contributed by atoms with Crippen LogP contribution in [0.5, 0.6) is 5.75 Å². The van der Waals surface area contributed by atoms with Gasteiger partial charge in [-0.2, -0.15) is 0 Å². The third-order valence-electron chi connectivity index (χ3n) is 5.97. The molecule has 4 rings (SSSR count). The Hall–Kier alpha value is -3.81. The van der Waals surface area contributed by atoms with Crippen molar-refractivity contribution in [1.29, 1.82) is 0 Å². The predicted molar refractivity (Wildman–Crippen MR) is 125 cm³/mol.